The summed E-state index contributed by atoms with van der Waals surface area (Å²) in [5.74, 6) is 0. The topological polar surface area (TPSA) is 51.5 Å². The number of nitrogens with zero attached hydrogens (tertiary/aromatic N) is 1. The van der Waals surface area contributed by atoms with Gasteiger partial charge < -0.3 is 14.2 Å². The Labute approximate surface area is 143 Å². The van der Waals surface area contributed by atoms with E-state index in [2.05, 4.69) is 6.92 Å². The Morgan fingerprint density at radius 3 is 1.52 bits per heavy atom. The van der Waals surface area contributed by atoms with Crippen LogP contribution in [0.2, 0.25) is 0 Å². The first-order chi connectivity index (χ1) is 11.4. The van der Waals surface area contributed by atoms with Crippen LogP contribution in [0.25, 0.3) is 0 Å². The minimum Gasteiger partial charge on any atom is -0.379 e. The second-order valence-corrected chi connectivity index (χ2v) is 5.93. The minimum absolute atomic E-state index is 0.446. The van der Waals surface area contributed by atoms with Crippen LogP contribution in [0.5, 0.6) is 0 Å². The molecule has 0 radical (unpaired) electrons. The Hall–Kier alpha value is -0.630. The second-order valence-electron chi connectivity index (χ2n) is 5.93. The molecule has 0 rings (SSSR count). The van der Waals surface area contributed by atoms with Crippen LogP contribution in [0, 0.1) is 11.3 Å². The predicted molar refractivity (Wildman–Crippen MR) is 94.5 cm³/mol. The average Bonchev–Trinajstić information content (AvgIpc) is 2.57. The van der Waals surface area contributed by atoms with Gasteiger partial charge in [0.15, 0.2) is 0 Å². The van der Waals surface area contributed by atoms with Gasteiger partial charge in [-0.15, -0.1) is 0 Å². The Kier molecular flexibility index (Phi) is 20.8. The molecule has 4 heteroatoms. The predicted octanol–water partition coefficient (Wildman–Crippen LogP) is 4.87. The van der Waals surface area contributed by atoms with Crippen LogP contribution in [-0.2, 0) is 14.2 Å². The van der Waals surface area contributed by atoms with Gasteiger partial charge in [-0.25, -0.2) is 0 Å². The van der Waals surface area contributed by atoms with Crippen LogP contribution in [-0.4, -0.2) is 39.6 Å². The molecule has 0 unspecified atom stereocenters. The molecule has 0 fully saturated rings. The van der Waals surface area contributed by atoms with Crippen LogP contribution in [0.4, 0.5) is 0 Å². The number of hydrogen-bond acceptors (Lipinski definition) is 4. The van der Waals surface area contributed by atoms with Crippen molar-refractivity contribution in [3.05, 3.63) is 0 Å². The quantitative estimate of drug-likeness (QED) is 0.318. The van der Waals surface area contributed by atoms with Gasteiger partial charge in [0.2, 0.25) is 0 Å². The van der Waals surface area contributed by atoms with E-state index < -0.39 is 0 Å². The zero-order valence-electron chi connectivity index (χ0n) is 15.2. The number of nitriles is 1. The Morgan fingerprint density at radius 2 is 1.00 bits per heavy atom. The Balaban J connectivity index is 2.94. The highest BCUT2D eigenvalue weighted by Crippen LogP contribution is 2.10. The molecular weight excluding hydrogens is 290 g/mol. The number of rotatable bonds is 19. The Bertz CT molecular complexity index is 253. The van der Waals surface area contributed by atoms with Gasteiger partial charge in [0.25, 0.3) is 0 Å². The lowest BCUT2D eigenvalue weighted by molar-refractivity contribution is 0.0148. The van der Waals surface area contributed by atoms with Crippen molar-refractivity contribution in [2.24, 2.45) is 0 Å². The summed E-state index contributed by atoms with van der Waals surface area (Å²) in [7, 11) is 0. The lowest BCUT2D eigenvalue weighted by Gasteiger charge is -2.06. The van der Waals surface area contributed by atoms with Crippen molar-refractivity contribution < 1.29 is 14.2 Å². The zero-order valence-corrected chi connectivity index (χ0v) is 15.2. The van der Waals surface area contributed by atoms with Gasteiger partial charge >= 0.3 is 0 Å². The third-order valence-electron chi connectivity index (χ3n) is 3.74. The third kappa shape index (κ3) is 21.4. The lowest BCUT2D eigenvalue weighted by Crippen LogP contribution is -2.10. The third-order valence-corrected chi connectivity index (χ3v) is 3.74. The smallest absolute Gasteiger partial charge is 0.0701 e. The van der Waals surface area contributed by atoms with E-state index in [1.807, 2.05) is 6.07 Å². The molecule has 0 atom stereocenters. The molecular formula is C19H37NO3. The summed E-state index contributed by atoms with van der Waals surface area (Å²) < 4.78 is 16.1. The first-order valence-electron chi connectivity index (χ1n) is 9.52. The summed E-state index contributed by atoms with van der Waals surface area (Å²) in [4.78, 5) is 0. The average molecular weight is 328 g/mol. The van der Waals surface area contributed by atoms with Crippen molar-refractivity contribution in [2.75, 3.05) is 39.6 Å². The van der Waals surface area contributed by atoms with Gasteiger partial charge in [0.05, 0.1) is 45.5 Å². The molecule has 0 aliphatic carbocycles. The monoisotopic (exact) mass is 327 g/mol. The van der Waals surface area contributed by atoms with Crippen LogP contribution < -0.4 is 0 Å². The second kappa shape index (κ2) is 21.4. The lowest BCUT2D eigenvalue weighted by atomic mass is 10.1. The zero-order chi connectivity index (χ0) is 16.8. The van der Waals surface area contributed by atoms with Crippen molar-refractivity contribution in [1.29, 1.82) is 5.26 Å². The maximum atomic E-state index is 8.33. The highest BCUT2D eigenvalue weighted by atomic mass is 16.5. The van der Waals surface area contributed by atoms with E-state index in [0.717, 1.165) is 13.0 Å². The summed E-state index contributed by atoms with van der Waals surface area (Å²) in [6.07, 6.45) is 14.0. The number of ether oxygens (including phenoxy) is 3. The normalized spacial score (nSPS) is 10.8. The molecule has 0 aliphatic rings. The molecule has 23 heavy (non-hydrogen) atoms. The van der Waals surface area contributed by atoms with E-state index in [0.29, 0.717) is 39.5 Å². The van der Waals surface area contributed by atoms with E-state index in [9.17, 15) is 0 Å². The van der Waals surface area contributed by atoms with Crippen molar-refractivity contribution in [3.63, 3.8) is 0 Å². The van der Waals surface area contributed by atoms with Gasteiger partial charge in [-0.05, 0) is 6.42 Å². The SMILES string of the molecule is CCCCCCCCCCCCOCCOCCOCCC#N. The summed E-state index contributed by atoms with van der Waals surface area (Å²) in [5.41, 5.74) is 0. The summed E-state index contributed by atoms with van der Waals surface area (Å²) in [6, 6.07) is 2.04. The van der Waals surface area contributed by atoms with Crippen LogP contribution in [0.15, 0.2) is 0 Å². The minimum atomic E-state index is 0.446. The van der Waals surface area contributed by atoms with Crippen molar-refractivity contribution in [3.8, 4) is 6.07 Å². The molecule has 0 aromatic carbocycles. The van der Waals surface area contributed by atoms with E-state index in [1.165, 1.54) is 57.8 Å². The van der Waals surface area contributed by atoms with Gasteiger partial charge in [-0.2, -0.15) is 5.26 Å². The molecule has 0 spiro atoms. The molecule has 0 saturated carbocycles. The largest absolute Gasteiger partial charge is 0.379 e. The maximum Gasteiger partial charge on any atom is 0.0701 e. The molecule has 0 aromatic heterocycles. The molecule has 0 bridgehead atoms. The number of unbranched alkanes of at least 4 members (excludes halogenated alkanes) is 9. The van der Waals surface area contributed by atoms with Gasteiger partial charge in [0.1, 0.15) is 0 Å². The summed E-state index contributed by atoms with van der Waals surface area (Å²) in [5, 5.41) is 8.33. The number of hydrogen-bond donors (Lipinski definition) is 0. The first-order valence-corrected chi connectivity index (χ1v) is 9.52. The van der Waals surface area contributed by atoms with E-state index in [-0.39, 0.29) is 0 Å². The highest BCUT2D eigenvalue weighted by molar-refractivity contribution is 4.66. The van der Waals surface area contributed by atoms with Crippen LogP contribution in [0.1, 0.15) is 77.6 Å². The molecule has 136 valence electrons. The molecule has 0 N–H and O–H groups in total. The summed E-state index contributed by atoms with van der Waals surface area (Å²) >= 11 is 0. The molecule has 0 heterocycles. The molecule has 4 nitrogen and oxygen atoms in total. The Morgan fingerprint density at radius 1 is 0.565 bits per heavy atom. The first kappa shape index (κ1) is 22.4. The van der Waals surface area contributed by atoms with Crippen molar-refractivity contribution >= 4 is 0 Å². The highest BCUT2D eigenvalue weighted by Gasteiger charge is 1.94. The van der Waals surface area contributed by atoms with E-state index in [1.54, 1.807) is 0 Å². The molecule has 0 aliphatic heterocycles. The molecule has 0 amide bonds. The van der Waals surface area contributed by atoms with Crippen LogP contribution in [0.3, 0.4) is 0 Å². The fraction of sp³-hybridized carbons (Fsp3) is 0.947. The van der Waals surface area contributed by atoms with Crippen LogP contribution >= 0.6 is 0 Å². The fourth-order valence-corrected chi connectivity index (χ4v) is 2.35. The van der Waals surface area contributed by atoms with E-state index in [4.69, 9.17) is 19.5 Å². The maximum absolute atomic E-state index is 8.33. The van der Waals surface area contributed by atoms with Gasteiger partial charge in [-0.1, -0.05) is 64.7 Å². The standard InChI is InChI=1S/C19H37NO3/c1-2-3-4-5-6-7-8-9-10-11-14-21-16-18-23-19-17-22-15-12-13-20/h2-12,14-19H2,1H3. The molecule has 0 saturated heterocycles. The van der Waals surface area contributed by atoms with Gasteiger partial charge in [0, 0.05) is 6.61 Å². The fourth-order valence-electron chi connectivity index (χ4n) is 2.35. The van der Waals surface area contributed by atoms with E-state index >= 15 is 0 Å². The van der Waals surface area contributed by atoms with Crippen molar-refractivity contribution in [2.45, 2.75) is 77.6 Å². The summed E-state index contributed by atoms with van der Waals surface area (Å²) in [6.45, 7) is 6.03. The van der Waals surface area contributed by atoms with Gasteiger partial charge in [-0.3, -0.25) is 0 Å². The molecule has 0 aromatic rings. The van der Waals surface area contributed by atoms with Crippen molar-refractivity contribution in [1.82, 2.24) is 0 Å².